The predicted molar refractivity (Wildman–Crippen MR) is 118 cm³/mol. The third kappa shape index (κ3) is 3.86. The number of rotatable bonds is 4. The van der Waals surface area contributed by atoms with E-state index in [2.05, 4.69) is 39.9 Å². The van der Waals surface area contributed by atoms with Gasteiger partial charge in [-0.15, -0.1) is 0 Å². The van der Waals surface area contributed by atoms with Crippen molar-refractivity contribution in [3.05, 3.63) is 65.5 Å². The van der Waals surface area contributed by atoms with Crippen LogP contribution in [0.15, 0.2) is 48.8 Å². The lowest BCUT2D eigenvalue weighted by atomic mass is 9.84. The molecule has 3 aromatic rings. The van der Waals surface area contributed by atoms with Gasteiger partial charge in [0.2, 0.25) is 0 Å². The number of ether oxygens (including phenoxy) is 1. The van der Waals surface area contributed by atoms with E-state index in [1.165, 1.54) is 43.2 Å². The molecule has 0 spiro atoms. The molecule has 156 valence electrons. The molecule has 1 aliphatic carbocycles. The largest absolute Gasteiger partial charge is 0.378 e. The monoisotopic (exact) mass is 403 g/mol. The van der Waals surface area contributed by atoms with Crippen molar-refractivity contribution in [1.29, 1.82) is 0 Å². The van der Waals surface area contributed by atoms with Crippen LogP contribution in [0.2, 0.25) is 0 Å². The van der Waals surface area contributed by atoms with Crippen LogP contribution in [0.25, 0.3) is 11.0 Å². The Morgan fingerprint density at radius 1 is 1.03 bits per heavy atom. The van der Waals surface area contributed by atoms with Crippen molar-refractivity contribution in [1.82, 2.24) is 14.5 Å². The molecule has 0 N–H and O–H groups in total. The maximum atomic E-state index is 13.1. The summed E-state index contributed by atoms with van der Waals surface area (Å²) >= 11 is 0. The maximum Gasteiger partial charge on any atom is 0.257 e. The second-order valence-corrected chi connectivity index (χ2v) is 8.52. The van der Waals surface area contributed by atoms with E-state index in [-0.39, 0.29) is 5.91 Å². The van der Waals surface area contributed by atoms with Crippen molar-refractivity contribution in [3.63, 3.8) is 0 Å². The zero-order chi connectivity index (χ0) is 20.3. The molecule has 1 aliphatic heterocycles. The first-order valence-electron chi connectivity index (χ1n) is 11.2. The van der Waals surface area contributed by atoms with Gasteiger partial charge in [-0.3, -0.25) is 9.78 Å². The van der Waals surface area contributed by atoms with Gasteiger partial charge < -0.3 is 14.2 Å². The summed E-state index contributed by atoms with van der Waals surface area (Å²) in [7, 11) is 0. The SMILES string of the molecule is O=C(c1cn(Cc2ccc(C3CCCCC3)cc2)c2cccnc12)N1CCOCC1. The normalized spacial score (nSPS) is 18.1. The average Bonchev–Trinajstić information content (AvgIpc) is 3.19. The Morgan fingerprint density at radius 2 is 1.80 bits per heavy atom. The van der Waals surface area contributed by atoms with Gasteiger partial charge in [-0.05, 0) is 42.0 Å². The van der Waals surface area contributed by atoms with Crippen molar-refractivity contribution in [2.24, 2.45) is 0 Å². The third-order valence-electron chi connectivity index (χ3n) is 6.57. The lowest BCUT2D eigenvalue weighted by molar-refractivity contribution is 0.0304. The zero-order valence-electron chi connectivity index (χ0n) is 17.4. The minimum atomic E-state index is 0.0494. The second-order valence-electron chi connectivity index (χ2n) is 8.52. The zero-order valence-corrected chi connectivity index (χ0v) is 17.4. The van der Waals surface area contributed by atoms with Crippen molar-refractivity contribution in [2.45, 2.75) is 44.6 Å². The first kappa shape index (κ1) is 19.3. The summed E-state index contributed by atoms with van der Waals surface area (Å²) in [6.07, 6.45) is 10.5. The molecular formula is C25H29N3O2. The van der Waals surface area contributed by atoms with E-state index in [0.717, 1.165) is 23.5 Å². The average molecular weight is 404 g/mol. The van der Waals surface area contributed by atoms with Gasteiger partial charge in [-0.1, -0.05) is 43.5 Å². The van der Waals surface area contributed by atoms with E-state index in [1.807, 2.05) is 17.2 Å². The first-order chi connectivity index (χ1) is 14.8. The molecule has 3 heterocycles. The van der Waals surface area contributed by atoms with Gasteiger partial charge in [0, 0.05) is 32.0 Å². The highest BCUT2D eigenvalue weighted by Gasteiger charge is 2.23. The standard InChI is InChI=1S/C25H29N3O2/c29-25(27-13-15-30-16-14-27)22-18-28(23-7-4-12-26-24(22)23)17-19-8-10-21(11-9-19)20-5-2-1-3-6-20/h4,7-12,18,20H,1-3,5-6,13-17H2. The summed E-state index contributed by atoms with van der Waals surface area (Å²) in [5.41, 5.74) is 5.20. The highest BCUT2D eigenvalue weighted by molar-refractivity contribution is 6.05. The van der Waals surface area contributed by atoms with Crippen LogP contribution in [0.4, 0.5) is 0 Å². The summed E-state index contributed by atoms with van der Waals surface area (Å²) in [6.45, 7) is 3.22. The number of pyridine rings is 1. The van der Waals surface area contributed by atoms with Crippen LogP contribution in [0.5, 0.6) is 0 Å². The van der Waals surface area contributed by atoms with Crippen LogP contribution in [0.1, 0.15) is 59.5 Å². The van der Waals surface area contributed by atoms with Gasteiger partial charge in [0.1, 0.15) is 5.52 Å². The molecule has 0 unspecified atom stereocenters. The van der Waals surface area contributed by atoms with Crippen molar-refractivity contribution < 1.29 is 9.53 Å². The summed E-state index contributed by atoms with van der Waals surface area (Å²) in [5, 5.41) is 0. The molecule has 0 atom stereocenters. The Bertz CT molecular complexity index is 1010. The number of hydrogen-bond donors (Lipinski definition) is 0. The Balaban J connectivity index is 1.40. The molecule has 1 saturated carbocycles. The molecule has 0 radical (unpaired) electrons. The van der Waals surface area contributed by atoms with Crippen LogP contribution in [0.3, 0.4) is 0 Å². The van der Waals surface area contributed by atoms with Crippen LogP contribution >= 0.6 is 0 Å². The summed E-state index contributed by atoms with van der Waals surface area (Å²) < 4.78 is 7.55. The van der Waals surface area contributed by atoms with Gasteiger partial charge >= 0.3 is 0 Å². The smallest absolute Gasteiger partial charge is 0.257 e. The van der Waals surface area contributed by atoms with Crippen molar-refractivity contribution in [2.75, 3.05) is 26.3 Å². The molecule has 2 aliphatic rings. The highest BCUT2D eigenvalue weighted by Crippen LogP contribution is 2.32. The van der Waals surface area contributed by atoms with E-state index in [0.29, 0.717) is 31.9 Å². The molecule has 30 heavy (non-hydrogen) atoms. The fraction of sp³-hybridized carbons (Fsp3) is 0.440. The molecule has 1 aromatic carbocycles. The van der Waals surface area contributed by atoms with Crippen LogP contribution in [-0.2, 0) is 11.3 Å². The molecule has 5 heteroatoms. The number of fused-ring (bicyclic) bond motifs is 1. The van der Waals surface area contributed by atoms with Gasteiger partial charge in [-0.2, -0.15) is 0 Å². The lowest BCUT2D eigenvalue weighted by Crippen LogP contribution is -2.40. The molecule has 1 saturated heterocycles. The second kappa shape index (κ2) is 8.60. The number of morpholine rings is 1. The number of hydrogen-bond acceptors (Lipinski definition) is 3. The number of amides is 1. The fourth-order valence-electron chi connectivity index (χ4n) is 4.87. The maximum absolute atomic E-state index is 13.1. The molecule has 1 amide bonds. The van der Waals surface area contributed by atoms with Gasteiger partial charge in [-0.25, -0.2) is 0 Å². The quantitative estimate of drug-likeness (QED) is 0.639. The minimum Gasteiger partial charge on any atom is -0.378 e. The number of nitrogens with zero attached hydrogens (tertiary/aromatic N) is 3. The lowest BCUT2D eigenvalue weighted by Gasteiger charge is -2.26. The Hall–Kier alpha value is -2.66. The van der Waals surface area contributed by atoms with Gasteiger partial charge in [0.25, 0.3) is 5.91 Å². The predicted octanol–water partition coefficient (Wildman–Crippen LogP) is 4.60. The molecule has 5 rings (SSSR count). The van der Waals surface area contributed by atoms with E-state index in [9.17, 15) is 4.79 Å². The van der Waals surface area contributed by atoms with Gasteiger partial charge in [0.15, 0.2) is 0 Å². The van der Waals surface area contributed by atoms with E-state index < -0.39 is 0 Å². The Labute approximate surface area is 177 Å². The minimum absolute atomic E-state index is 0.0494. The van der Waals surface area contributed by atoms with Crippen molar-refractivity contribution >= 4 is 16.9 Å². The fourth-order valence-corrected chi connectivity index (χ4v) is 4.87. The number of carbonyl (C=O) groups excluding carboxylic acids is 1. The number of benzene rings is 1. The van der Waals surface area contributed by atoms with E-state index in [4.69, 9.17) is 4.74 Å². The van der Waals surface area contributed by atoms with Gasteiger partial charge in [0.05, 0.1) is 24.3 Å². The topological polar surface area (TPSA) is 47.4 Å². The molecule has 2 fully saturated rings. The molecule has 2 aromatic heterocycles. The molecule has 0 bridgehead atoms. The Morgan fingerprint density at radius 3 is 2.57 bits per heavy atom. The summed E-state index contributed by atoms with van der Waals surface area (Å²) in [5.74, 6) is 0.774. The van der Waals surface area contributed by atoms with Crippen LogP contribution in [-0.4, -0.2) is 46.7 Å². The summed E-state index contributed by atoms with van der Waals surface area (Å²) in [6, 6.07) is 13.1. The molecular weight excluding hydrogens is 374 g/mol. The van der Waals surface area contributed by atoms with Crippen LogP contribution in [0, 0.1) is 0 Å². The van der Waals surface area contributed by atoms with E-state index >= 15 is 0 Å². The first-order valence-corrected chi connectivity index (χ1v) is 11.2. The van der Waals surface area contributed by atoms with Crippen molar-refractivity contribution in [3.8, 4) is 0 Å². The molecule has 5 nitrogen and oxygen atoms in total. The Kier molecular flexibility index (Phi) is 5.54. The van der Waals surface area contributed by atoms with E-state index in [1.54, 1.807) is 6.20 Å². The highest BCUT2D eigenvalue weighted by atomic mass is 16.5. The summed E-state index contributed by atoms with van der Waals surface area (Å²) in [4.78, 5) is 19.5. The van der Waals surface area contributed by atoms with Crippen LogP contribution < -0.4 is 0 Å². The number of aromatic nitrogens is 2. The third-order valence-corrected chi connectivity index (χ3v) is 6.57. The number of carbonyl (C=O) groups is 1.